The first kappa shape index (κ1) is 14.7. The third-order valence-corrected chi connectivity index (χ3v) is 4.25. The number of aliphatic hydroxyl groups is 1. The van der Waals surface area contributed by atoms with Gasteiger partial charge in [-0.05, 0) is 18.2 Å². The average Bonchev–Trinajstić information content (AvgIpc) is 2.60. The second-order valence-corrected chi connectivity index (χ2v) is 6.17. The largest absolute Gasteiger partial charge is 0.396 e. The molecule has 1 N–H and O–H groups in total. The zero-order valence-corrected chi connectivity index (χ0v) is 12.1. The van der Waals surface area contributed by atoms with E-state index in [0.29, 0.717) is 21.5 Å². The molecule has 1 heterocycles. The van der Waals surface area contributed by atoms with Gasteiger partial charge in [0.05, 0.1) is 17.5 Å². The van der Waals surface area contributed by atoms with Crippen molar-refractivity contribution in [1.29, 1.82) is 0 Å². The summed E-state index contributed by atoms with van der Waals surface area (Å²) >= 11 is 13.0. The van der Waals surface area contributed by atoms with Gasteiger partial charge < -0.3 is 5.11 Å². The number of carbonyl (C=O) groups is 2. The summed E-state index contributed by atoms with van der Waals surface area (Å²) in [5.74, 6) is -0.144. The standard InChI is InChI=1S/C12H11Cl2NO3S/c13-7-3-8(14)5-9(4-7)15-11(17)6-10(12(15)18)19-2-1-16/h3-5,10,16H,1-2,6H2/t10-/m1/s1. The molecule has 1 atom stereocenters. The van der Waals surface area contributed by atoms with E-state index in [0.717, 1.165) is 4.90 Å². The second-order valence-electron chi connectivity index (χ2n) is 3.98. The number of aliphatic hydroxyl groups excluding tert-OH is 1. The number of carbonyl (C=O) groups excluding carboxylic acids is 2. The smallest absolute Gasteiger partial charge is 0.247 e. The van der Waals surface area contributed by atoms with Crippen LogP contribution in [-0.4, -0.2) is 34.5 Å². The number of anilines is 1. The van der Waals surface area contributed by atoms with Gasteiger partial charge in [0, 0.05) is 22.2 Å². The van der Waals surface area contributed by atoms with Crippen molar-refractivity contribution in [3.8, 4) is 0 Å². The maximum Gasteiger partial charge on any atom is 0.247 e. The number of imide groups is 1. The summed E-state index contributed by atoms with van der Waals surface area (Å²) in [6.07, 6.45) is 0.133. The van der Waals surface area contributed by atoms with E-state index in [1.54, 1.807) is 0 Å². The molecule has 19 heavy (non-hydrogen) atoms. The Balaban J connectivity index is 2.24. The van der Waals surface area contributed by atoms with E-state index < -0.39 is 5.25 Å². The predicted octanol–water partition coefficient (Wildman–Crippen LogP) is 2.35. The van der Waals surface area contributed by atoms with Crippen LogP contribution in [-0.2, 0) is 9.59 Å². The van der Waals surface area contributed by atoms with E-state index in [9.17, 15) is 9.59 Å². The van der Waals surface area contributed by atoms with Crippen molar-refractivity contribution >= 4 is 52.5 Å². The van der Waals surface area contributed by atoms with E-state index in [2.05, 4.69) is 0 Å². The molecule has 0 aromatic heterocycles. The summed E-state index contributed by atoms with van der Waals surface area (Å²) in [4.78, 5) is 25.2. The zero-order chi connectivity index (χ0) is 14.0. The van der Waals surface area contributed by atoms with Gasteiger partial charge in [0.15, 0.2) is 0 Å². The molecule has 2 amide bonds. The van der Waals surface area contributed by atoms with E-state index in [1.807, 2.05) is 0 Å². The number of hydrogen-bond acceptors (Lipinski definition) is 4. The van der Waals surface area contributed by atoms with Crippen molar-refractivity contribution in [2.24, 2.45) is 0 Å². The van der Waals surface area contributed by atoms with Crippen molar-refractivity contribution < 1.29 is 14.7 Å². The maximum atomic E-state index is 12.2. The molecule has 1 aromatic carbocycles. The molecule has 1 aliphatic heterocycles. The minimum atomic E-state index is -0.447. The predicted molar refractivity (Wildman–Crippen MR) is 76.9 cm³/mol. The lowest BCUT2D eigenvalue weighted by molar-refractivity contribution is -0.121. The monoisotopic (exact) mass is 319 g/mol. The lowest BCUT2D eigenvalue weighted by Gasteiger charge is -2.15. The van der Waals surface area contributed by atoms with Crippen molar-refractivity contribution in [2.45, 2.75) is 11.7 Å². The van der Waals surface area contributed by atoms with Crippen LogP contribution in [0.5, 0.6) is 0 Å². The molecule has 2 rings (SSSR count). The molecule has 0 aliphatic carbocycles. The Hall–Kier alpha value is -0.750. The van der Waals surface area contributed by atoms with Crippen molar-refractivity contribution in [3.05, 3.63) is 28.2 Å². The average molecular weight is 320 g/mol. The zero-order valence-electron chi connectivity index (χ0n) is 9.81. The summed E-state index contributed by atoms with van der Waals surface area (Å²) in [7, 11) is 0. The Bertz CT molecular complexity index is 503. The lowest BCUT2D eigenvalue weighted by Crippen LogP contribution is -2.31. The minimum absolute atomic E-state index is 0.0222. The number of benzene rings is 1. The van der Waals surface area contributed by atoms with Crippen LogP contribution in [0.2, 0.25) is 10.0 Å². The number of nitrogens with zero attached hydrogens (tertiary/aromatic N) is 1. The lowest BCUT2D eigenvalue weighted by atomic mass is 10.3. The third-order valence-electron chi connectivity index (χ3n) is 2.62. The van der Waals surface area contributed by atoms with E-state index in [1.165, 1.54) is 30.0 Å². The Labute approximate surface area is 124 Å². The topological polar surface area (TPSA) is 57.6 Å². The molecule has 1 aliphatic rings. The fourth-order valence-electron chi connectivity index (χ4n) is 1.87. The van der Waals surface area contributed by atoms with E-state index in [4.69, 9.17) is 28.3 Å². The summed E-state index contributed by atoms with van der Waals surface area (Å²) in [5.41, 5.74) is 0.389. The van der Waals surface area contributed by atoms with Gasteiger partial charge in [0.2, 0.25) is 11.8 Å². The normalized spacial score (nSPS) is 19.3. The Morgan fingerprint density at radius 1 is 1.26 bits per heavy atom. The second kappa shape index (κ2) is 6.13. The highest BCUT2D eigenvalue weighted by molar-refractivity contribution is 8.00. The molecule has 1 saturated heterocycles. The fourth-order valence-corrected chi connectivity index (χ4v) is 3.28. The van der Waals surface area contributed by atoms with Crippen molar-refractivity contribution in [3.63, 3.8) is 0 Å². The number of amides is 2. The highest BCUT2D eigenvalue weighted by Crippen LogP contribution is 2.32. The SMILES string of the molecule is O=C1C[C@@H](SCCO)C(=O)N1c1cc(Cl)cc(Cl)c1. The summed E-state index contributed by atoms with van der Waals surface area (Å²) < 4.78 is 0. The quantitative estimate of drug-likeness (QED) is 0.865. The van der Waals surface area contributed by atoms with Crippen LogP contribution in [0.4, 0.5) is 5.69 Å². The molecule has 0 spiro atoms. The van der Waals surface area contributed by atoms with Gasteiger partial charge in [-0.15, -0.1) is 11.8 Å². The number of thioether (sulfide) groups is 1. The first-order valence-electron chi connectivity index (χ1n) is 5.58. The highest BCUT2D eigenvalue weighted by atomic mass is 35.5. The molecule has 0 unspecified atom stereocenters. The molecule has 0 saturated carbocycles. The molecule has 1 aromatic rings. The van der Waals surface area contributed by atoms with Gasteiger partial charge >= 0.3 is 0 Å². The summed E-state index contributed by atoms with van der Waals surface area (Å²) in [6, 6.07) is 4.60. The molecular formula is C12H11Cl2NO3S. The van der Waals surface area contributed by atoms with Crippen molar-refractivity contribution in [2.75, 3.05) is 17.3 Å². The Kier molecular flexibility index (Phi) is 4.73. The number of hydrogen-bond donors (Lipinski definition) is 1. The van der Waals surface area contributed by atoms with Gasteiger partial charge in [-0.2, -0.15) is 0 Å². The molecule has 4 nitrogen and oxygen atoms in total. The summed E-state index contributed by atoms with van der Waals surface area (Å²) in [6.45, 7) is -0.0222. The highest BCUT2D eigenvalue weighted by Gasteiger charge is 2.39. The molecular weight excluding hydrogens is 309 g/mol. The summed E-state index contributed by atoms with van der Waals surface area (Å²) in [5, 5.41) is 9.06. The van der Waals surface area contributed by atoms with Gasteiger partial charge in [-0.3, -0.25) is 9.59 Å². The fraction of sp³-hybridized carbons (Fsp3) is 0.333. The first-order valence-corrected chi connectivity index (χ1v) is 7.38. The number of halogens is 2. The number of rotatable bonds is 4. The van der Waals surface area contributed by atoms with Crippen LogP contribution < -0.4 is 4.90 Å². The minimum Gasteiger partial charge on any atom is -0.396 e. The first-order chi connectivity index (χ1) is 9.02. The van der Waals surface area contributed by atoms with Gasteiger partial charge in [-0.25, -0.2) is 4.90 Å². The third kappa shape index (κ3) is 3.23. The van der Waals surface area contributed by atoms with Crippen LogP contribution in [0.15, 0.2) is 18.2 Å². The van der Waals surface area contributed by atoms with Gasteiger partial charge in [-0.1, -0.05) is 23.2 Å². The molecule has 102 valence electrons. The van der Waals surface area contributed by atoms with Gasteiger partial charge in [0.1, 0.15) is 0 Å². The molecule has 0 radical (unpaired) electrons. The van der Waals surface area contributed by atoms with E-state index >= 15 is 0 Å². The van der Waals surface area contributed by atoms with E-state index in [-0.39, 0.29) is 24.8 Å². The van der Waals surface area contributed by atoms with Gasteiger partial charge in [0.25, 0.3) is 0 Å². The van der Waals surface area contributed by atoms with Crippen LogP contribution in [0, 0.1) is 0 Å². The molecule has 1 fully saturated rings. The molecule has 7 heteroatoms. The van der Waals surface area contributed by atoms with Crippen molar-refractivity contribution in [1.82, 2.24) is 0 Å². The van der Waals surface area contributed by atoms with Crippen LogP contribution in [0.25, 0.3) is 0 Å². The van der Waals surface area contributed by atoms with Crippen LogP contribution >= 0.6 is 35.0 Å². The molecule has 0 bridgehead atoms. The van der Waals surface area contributed by atoms with Crippen LogP contribution in [0.1, 0.15) is 6.42 Å². The Morgan fingerprint density at radius 2 is 1.89 bits per heavy atom. The van der Waals surface area contributed by atoms with Crippen LogP contribution in [0.3, 0.4) is 0 Å². The Morgan fingerprint density at radius 3 is 2.47 bits per heavy atom. The maximum absolute atomic E-state index is 12.2.